The van der Waals surface area contributed by atoms with Crippen LogP contribution in [0, 0.1) is 6.92 Å². The lowest BCUT2D eigenvalue weighted by Crippen LogP contribution is -2.35. The van der Waals surface area contributed by atoms with E-state index in [1.165, 1.54) is 5.56 Å². The maximum atomic E-state index is 6.42. The summed E-state index contributed by atoms with van der Waals surface area (Å²) in [4.78, 5) is 4.13. The molecule has 2 N–H and O–H groups in total. The number of rotatable bonds is 2. The van der Waals surface area contributed by atoms with Gasteiger partial charge >= 0.3 is 0 Å². The van der Waals surface area contributed by atoms with Crippen molar-refractivity contribution in [2.45, 2.75) is 19.4 Å². The van der Waals surface area contributed by atoms with Gasteiger partial charge in [0.25, 0.3) is 0 Å². The van der Waals surface area contributed by atoms with Gasteiger partial charge in [-0.05, 0) is 36.6 Å². The molecule has 0 radical (unpaired) electrons. The van der Waals surface area contributed by atoms with E-state index in [1.54, 1.807) is 6.20 Å². The van der Waals surface area contributed by atoms with Crippen molar-refractivity contribution >= 4 is 0 Å². The van der Waals surface area contributed by atoms with Crippen molar-refractivity contribution in [3.63, 3.8) is 0 Å². The van der Waals surface area contributed by atoms with E-state index in [1.807, 2.05) is 37.4 Å². The number of hydrogen-bond donors (Lipinski definition) is 1. The molecule has 1 atom stereocenters. The third-order valence-electron chi connectivity index (χ3n) is 2.97. The number of nitrogens with two attached hydrogens (primary N) is 1. The zero-order valence-corrected chi connectivity index (χ0v) is 9.64. The summed E-state index contributed by atoms with van der Waals surface area (Å²) in [5, 5.41) is 0. The summed E-state index contributed by atoms with van der Waals surface area (Å²) in [7, 11) is 0. The minimum atomic E-state index is -0.487. The maximum Gasteiger partial charge on any atom is 0.0654 e. The second-order valence-corrected chi connectivity index (χ2v) is 4.26. The Balaban J connectivity index is 2.51. The van der Waals surface area contributed by atoms with Gasteiger partial charge in [0.15, 0.2) is 0 Å². The Morgan fingerprint density at radius 1 is 1.12 bits per heavy atom. The molecule has 1 unspecified atom stereocenters. The minimum absolute atomic E-state index is 0.487. The van der Waals surface area contributed by atoms with E-state index in [4.69, 9.17) is 5.73 Å². The molecule has 0 spiro atoms. The second kappa shape index (κ2) is 4.06. The first-order chi connectivity index (χ1) is 7.62. The Morgan fingerprint density at radius 2 is 1.88 bits per heavy atom. The minimum Gasteiger partial charge on any atom is -0.318 e. The average Bonchev–Trinajstić information content (AvgIpc) is 2.30. The fraction of sp³-hybridized carbons (Fsp3) is 0.214. The van der Waals surface area contributed by atoms with Crippen molar-refractivity contribution in [3.8, 4) is 0 Å². The van der Waals surface area contributed by atoms with Crippen LogP contribution in [0.15, 0.2) is 48.8 Å². The first-order valence-corrected chi connectivity index (χ1v) is 5.38. The van der Waals surface area contributed by atoms with E-state index in [9.17, 15) is 0 Å². The molecule has 0 bridgehead atoms. The molecule has 0 amide bonds. The second-order valence-electron chi connectivity index (χ2n) is 4.26. The van der Waals surface area contributed by atoms with Crippen LogP contribution in [0.2, 0.25) is 0 Å². The smallest absolute Gasteiger partial charge is 0.0654 e. The van der Waals surface area contributed by atoms with Crippen LogP contribution in [0.1, 0.15) is 23.6 Å². The molecular formula is C14H16N2. The van der Waals surface area contributed by atoms with Gasteiger partial charge in [0.1, 0.15) is 0 Å². The van der Waals surface area contributed by atoms with Gasteiger partial charge < -0.3 is 5.73 Å². The van der Waals surface area contributed by atoms with E-state index in [-0.39, 0.29) is 0 Å². The number of nitrogens with zero attached hydrogens (tertiary/aromatic N) is 1. The monoisotopic (exact) mass is 212 g/mol. The summed E-state index contributed by atoms with van der Waals surface area (Å²) in [6.07, 6.45) is 3.59. The standard InChI is InChI=1S/C14H16N2/c1-11-6-3-4-8-13(11)14(2,15)12-7-5-9-16-10-12/h3-10H,15H2,1-2H3. The van der Waals surface area contributed by atoms with Gasteiger partial charge in [0.05, 0.1) is 5.54 Å². The molecule has 1 aromatic carbocycles. The van der Waals surface area contributed by atoms with Gasteiger partial charge in [-0.1, -0.05) is 30.3 Å². The number of benzene rings is 1. The van der Waals surface area contributed by atoms with E-state index in [0.717, 1.165) is 11.1 Å². The fourth-order valence-electron chi connectivity index (χ4n) is 1.98. The van der Waals surface area contributed by atoms with Gasteiger partial charge in [0, 0.05) is 12.4 Å². The number of aryl methyl sites for hydroxylation is 1. The molecule has 82 valence electrons. The predicted octanol–water partition coefficient (Wildman–Crippen LogP) is 2.61. The quantitative estimate of drug-likeness (QED) is 0.831. The largest absolute Gasteiger partial charge is 0.318 e. The average molecular weight is 212 g/mol. The van der Waals surface area contributed by atoms with Crippen LogP contribution in [-0.4, -0.2) is 4.98 Å². The van der Waals surface area contributed by atoms with Crippen molar-refractivity contribution in [1.29, 1.82) is 0 Å². The topological polar surface area (TPSA) is 38.9 Å². The number of aromatic nitrogens is 1. The lowest BCUT2D eigenvalue weighted by molar-refractivity contribution is 0.596. The summed E-state index contributed by atoms with van der Waals surface area (Å²) in [6.45, 7) is 4.10. The zero-order valence-electron chi connectivity index (χ0n) is 9.64. The first kappa shape index (κ1) is 10.8. The van der Waals surface area contributed by atoms with Crippen molar-refractivity contribution < 1.29 is 0 Å². The fourth-order valence-corrected chi connectivity index (χ4v) is 1.98. The molecular weight excluding hydrogens is 196 g/mol. The Kier molecular flexibility index (Phi) is 2.75. The van der Waals surface area contributed by atoms with Gasteiger partial charge in [-0.2, -0.15) is 0 Å². The van der Waals surface area contributed by atoms with Crippen LogP contribution < -0.4 is 5.73 Å². The molecule has 0 saturated heterocycles. The molecule has 0 aliphatic heterocycles. The molecule has 1 aromatic heterocycles. The maximum absolute atomic E-state index is 6.42. The van der Waals surface area contributed by atoms with Crippen LogP contribution in [0.25, 0.3) is 0 Å². The summed E-state index contributed by atoms with van der Waals surface area (Å²) in [6, 6.07) is 12.1. The number of hydrogen-bond acceptors (Lipinski definition) is 2. The Hall–Kier alpha value is -1.67. The van der Waals surface area contributed by atoms with Crippen molar-refractivity contribution in [3.05, 3.63) is 65.5 Å². The van der Waals surface area contributed by atoms with Crippen molar-refractivity contribution in [2.24, 2.45) is 5.73 Å². The molecule has 16 heavy (non-hydrogen) atoms. The van der Waals surface area contributed by atoms with Gasteiger partial charge in [-0.15, -0.1) is 0 Å². The lowest BCUT2D eigenvalue weighted by atomic mass is 9.84. The molecule has 0 aliphatic rings. The molecule has 1 heterocycles. The summed E-state index contributed by atoms with van der Waals surface area (Å²) < 4.78 is 0. The van der Waals surface area contributed by atoms with E-state index in [2.05, 4.69) is 24.0 Å². The summed E-state index contributed by atoms with van der Waals surface area (Å²) in [5.74, 6) is 0. The highest BCUT2D eigenvalue weighted by atomic mass is 14.7. The van der Waals surface area contributed by atoms with Crippen molar-refractivity contribution in [1.82, 2.24) is 4.98 Å². The van der Waals surface area contributed by atoms with Gasteiger partial charge in [0.2, 0.25) is 0 Å². The van der Waals surface area contributed by atoms with Gasteiger partial charge in [-0.3, -0.25) is 4.98 Å². The highest BCUT2D eigenvalue weighted by Crippen LogP contribution is 2.27. The van der Waals surface area contributed by atoms with Crippen LogP contribution in [-0.2, 0) is 5.54 Å². The Labute approximate surface area is 96.1 Å². The summed E-state index contributed by atoms with van der Waals surface area (Å²) >= 11 is 0. The highest BCUT2D eigenvalue weighted by Gasteiger charge is 2.24. The van der Waals surface area contributed by atoms with E-state index >= 15 is 0 Å². The van der Waals surface area contributed by atoms with Crippen LogP contribution in [0.5, 0.6) is 0 Å². The molecule has 2 heteroatoms. The van der Waals surface area contributed by atoms with Gasteiger partial charge in [-0.25, -0.2) is 0 Å². The van der Waals surface area contributed by atoms with Crippen LogP contribution in [0.4, 0.5) is 0 Å². The SMILES string of the molecule is Cc1ccccc1C(C)(N)c1cccnc1. The third kappa shape index (κ3) is 1.84. The third-order valence-corrected chi connectivity index (χ3v) is 2.97. The normalized spacial score (nSPS) is 14.4. The number of pyridine rings is 1. The van der Waals surface area contributed by atoms with Crippen LogP contribution >= 0.6 is 0 Å². The molecule has 0 saturated carbocycles. The van der Waals surface area contributed by atoms with E-state index < -0.39 is 5.54 Å². The first-order valence-electron chi connectivity index (χ1n) is 5.38. The Morgan fingerprint density at radius 3 is 2.50 bits per heavy atom. The lowest BCUT2D eigenvalue weighted by Gasteiger charge is -2.27. The Bertz CT molecular complexity index is 475. The molecule has 2 rings (SSSR count). The molecule has 2 aromatic rings. The van der Waals surface area contributed by atoms with E-state index in [0.29, 0.717) is 0 Å². The molecule has 0 aliphatic carbocycles. The van der Waals surface area contributed by atoms with Crippen molar-refractivity contribution in [2.75, 3.05) is 0 Å². The predicted molar refractivity (Wildman–Crippen MR) is 66.1 cm³/mol. The molecule has 2 nitrogen and oxygen atoms in total. The summed E-state index contributed by atoms with van der Waals surface area (Å²) in [5.41, 5.74) is 9.31. The van der Waals surface area contributed by atoms with Crippen LogP contribution in [0.3, 0.4) is 0 Å². The zero-order chi connectivity index (χ0) is 11.6. The highest BCUT2D eigenvalue weighted by molar-refractivity contribution is 5.40. The molecule has 0 fully saturated rings.